The lowest BCUT2D eigenvalue weighted by Gasteiger charge is -2.07. The molecule has 0 unspecified atom stereocenters. The van der Waals surface area contributed by atoms with Gasteiger partial charge in [-0.15, -0.1) is 0 Å². The molecular formula is C14H20O. The van der Waals surface area contributed by atoms with Gasteiger partial charge in [0.25, 0.3) is 0 Å². The van der Waals surface area contributed by atoms with Gasteiger partial charge in [-0.25, -0.2) is 0 Å². The summed E-state index contributed by atoms with van der Waals surface area (Å²) in [6.45, 7) is 9.00. The second-order valence-electron chi connectivity index (χ2n) is 4.16. The van der Waals surface area contributed by atoms with Gasteiger partial charge in [0.05, 0.1) is 6.61 Å². The summed E-state index contributed by atoms with van der Waals surface area (Å²) in [7, 11) is 0. The predicted octanol–water partition coefficient (Wildman–Crippen LogP) is 4.14. The first-order valence-corrected chi connectivity index (χ1v) is 5.57. The minimum atomic E-state index is 0.761. The Morgan fingerprint density at radius 3 is 2.47 bits per heavy atom. The van der Waals surface area contributed by atoms with Crippen molar-refractivity contribution in [3.63, 3.8) is 0 Å². The van der Waals surface area contributed by atoms with Gasteiger partial charge in [-0.2, -0.15) is 0 Å². The molecule has 0 spiro atoms. The normalized spacial score (nSPS) is 10.3. The molecule has 0 saturated carbocycles. The number of ether oxygens (including phenoxy) is 1. The van der Waals surface area contributed by atoms with Gasteiger partial charge in [0.1, 0.15) is 5.75 Å². The molecule has 82 valence electrons. The fourth-order valence-corrected chi connectivity index (χ4v) is 1.38. The third-order valence-electron chi connectivity index (χ3n) is 2.31. The van der Waals surface area contributed by atoms with Gasteiger partial charge in [-0.05, 0) is 36.5 Å². The van der Waals surface area contributed by atoms with E-state index in [1.807, 2.05) is 30.3 Å². The highest BCUT2D eigenvalue weighted by molar-refractivity contribution is 5.48. The molecule has 0 N–H and O–H groups in total. The Morgan fingerprint density at radius 2 is 1.93 bits per heavy atom. The third kappa shape index (κ3) is 4.68. The lowest BCUT2D eigenvalue weighted by Crippen LogP contribution is -1.99. The van der Waals surface area contributed by atoms with E-state index in [1.54, 1.807) is 0 Å². The summed E-state index contributed by atoms with van der Waals surface area (Å²) in [5, 5.41) is 0. The standard InChI is InChI=1S/C14H20O/c1-4-13-7-9-14(10-8-13)15-11-5-6-12(2)3/h4,7-10,12H,1,5-6,11H2,2-3H3. The minimum absolute atomic E-state index is 0.761. The van der Waals surface area contributed by atoms with Crippen molar-refractivity contribution in [3.05, 3.63) is 36.4 Å². The van der Waals surface area contributed by atoms with E-state index in [2.05, 4.69) is 20.4 Å². The van der Waals surface area contributed by atoms with Crippen molar-refractivity contribution < 1.29 is 4.74 Å². The van der Waals surface area contributed by atoms with Crippen LogP contribution in [0.25, 0.3) is 6.08 Å². The largest absolute Gasteiger partial charge is 0.494 e. The van der Waals surface area contributed by atoms with Crippen LogP contribution in [0.1, 0.15) is 32.3 Å². The maximum Gasteiger partial charge on any atom is 0.119 e. The van der Waals surface area contributed by atoms with Gasteiger partial charge in [-0.1, -0.05) is 38.6 Å². The Balaban J connectivity index is 2.28. The first-order valence-electron chi connectivity index (χ1n) is 5.57. The van der Waals surface area contributed by atoms with Crippen LogP contribution >= 0.6 is 0 Å². The van der Waals surface area contributed by atoms with Crippen LogP contribution in [-0.2, 0) is 0 Å². The summed E-state index contributed by atoms with van der Waals surface area (Å²) in [5.41, 5.74) is 1.13. The SMILES string of the molecule is C=Cc1ccc(OCCCC(C)C)cc1. The topological polar surface area (TPSA) is 9.23 Å². The second kappa shape index (κ2) is 6.28. The van der Waals surface area contributed by atoms with Crippen molar-refractivity contribution in [2.24, 2.45) is 5.92 Å². The van der Waals surface area contributed by atoms with Crippen LogP contribution in [0.5, 0.6) is 5.75 Å². The molecule has 0 aliphatic heterocycles. The molecule has 0 fully saturated rings. The average molecular weight is 204 g/mol. The lowest BCUT2D eigenvalue weighted by atomic mass is 10.1. The van der Waals surface area contributed by atoms with E-state index in [4.69, 9.17) is 4.74 Å². The van der Waals surface area contributed by atoms with E-state index in [1.165, 1.54) is 6.42 Å². The van der Waals surface area contributed by atoms with Gasteiger partial charge in [0, 0.05) is 0 Å². The molecule has 0 aliphatic rings. The molecule has 1 rings (SSSR count). The Labute approximate surface area is 92.8 Å². The summed E-state index contributed by atoms with van der Waals surface area (Å²) in [6, 6.07) is 8.02. The van der Waals surface area contributed by atoms with Crippen molar-refractivity contribution in [2.75, 3.05) is 6.61 Å². The van der Waals surface area contributed by atoms with Crippen LogP contribution in [0.3, 0.4) is 0 Å². The summed E-state index contributed by atoms with van der Waals surface area (Å²) in [4.78, 5) is 0. The van der Waals surface area contributed by atoms with Crippen LogP contribution < -0.4 is 4.74 Å². The molecule has 1 nitrogen and oxygen atoms in total. The molecule has 0 aromatic heterocycles. The highest BCUT2D eigenvalue weighted by Gasteiger charge is 1.96. The van der Waals surface area contributed by atoms with E-state index >= 15 is 0 Å². The Bertz CT molecular complexity index is 285. The summed E-state index contributed by atoms with van der Waals surface area (Å²) >= 11 is 0. The maximum absolute atomic E-state index is 5.62. The fourth-order valence-electron chi connectivity index (χ4n) is 1.38. The van der Waals surface area contributed by atoms with Gasteiger partial charge >= 0.3 is 0 Å². The van der Waals surface area contributed by atoms with Crippen LogP contribution in [0, 0.1) is 5.92 Å². The zero-order chi connectivity index (χ0) is 11.1. The van der Waals surface area contributed by atoms with Crippen LogP contribution in [0.2, 0.25) is 0 Å². The monoisotopic (exact) mass is 204 g/mol. The molecule has 0 atom stereocenters. The van der Waals surface area contributed by atoms with Crippen molar-refractivity contribution in [1.29, 1.82) is 0 Å². The highest BCUT2D eigenvalue weighted by atomic mass is 16.5. The zero-order valence-corrected chi connectivity index (χ0v) is 9.70. The molecule has 1 aromatic carbocycles. The lowest BCUT2D eigenvalue weighted by molar-refractivity contribution is 0.297. The maximum atomic E-state index is 5.62. The minimum Gasteiger partial charge on any atom is -0.494 e. The Kier molecular flexibility index (Phi) is 4.96. The predicted molar refractivity (Wildman–Crippen MR) is 66.1 cm³/mol. The number of hydrogen-bond acceptors (Lipinski definition) is 1. The smallest absolute Gasteiger partial charge is 0.119 e. The van der Waals surface area contributed by atoms with Crippen molar-refractivity contribution in [3.8, 4) is 5.75 Å². The van der Waals surface area contributed by atoms with Crippen molar-refractivity contribution >= 4 is 6.08 Å². The molecule has 0 amide bonds. The molecular weight excluding hydrogens is 184 g/mol. The van der Waals surface area contributed by atoms with E-state index in [0.717, 1.165) is 30.3 Å². The van der Waals surface area contributed by atoms with Gasteiger partial charge in [0.2, 0.25) is 0 Å². The zero-order valence-electron chi connectivity index (χ0n) is 9.70. The number of benzene rings is 1. The molecule has 1 heteroatoms. The molecule has 0 bridgehead atoms. The third-order valence-corrected chi connectivity index (χ3v) is 2.31. The van der Waals surface area contributed by atoms with Crippen LogP contribution in [-0.4, -0.2) is 6.61 Å². The van der Waals surface area contributed by atoms with Crippen LogP contribution in [0.15, 0.2) is 30.8 Å². The fraction of sp³-hybridized carbons (Fsp3) is 0.429. The molecule has 0 heterocycles. The summed E-state index contributed by atoms with van der Waals surface area (Å²) in [6.07, 6.45) is 4.19. The summed E-state index contributed by atoms with van der Waals surface area (Å²) in [5.74, 6) is 1.71. The Morgan fingerprint density at radius 1 is 1.27 bits per heavy atom. The van der Waals surface area contributed by atoms with Crippen molar-refractivity contribution in [2.45, 2.75) is 26.7 Å². The van der Waals surface area contributed by atoms with E-state index < -0.39 is 0 Å². The Hall–Kier alpha value is -1.24. The first kappa shape index (κ1) is 11.8. The van der Waals surface area contributed by atoms with Gasteiger partial charge < -0.3 is 4.74 Å². The highest BCUT2D eigenvalue weighted by Crippen LogP contribution is 2.13. The molecule has 1 aromatic rings. The second-order valence-corrected chi connectivity index (χ2v) is 4.16. The molecule has 0 saturated heterocycles. The van der Waals surface area contributed by atoms with Crippen molar-refractivity contribution in [1.82, 2.24) is 0 Å². The van der Waals surface area contributed by atoms with E-state index in [0.29, 0.717) is 0 Å². The quantitative estimate of drug-likeness (QED) is 0.633. The number of hydrogen-bond donors (Lipinski definition) is 0. The van der Waals surface area contributed by atoms with E-state index in [9.17, 15) is 0 Å². The summed E-state index contributed by atoms with van der Waals surface area (Å²) < 4.78 is 5.62. The van der Waals surface area contributed by atoms with Gasteiger partial charge in [-0.3, -0.25) is 0 Å². The first-order chi connectivity index (χ1) is 7.22. The average Bonchev–Trinajstić information content (AvgIpc) is 2.25. The molecule has 0 radical (unpaired) electrons. The van der Waals surface area contributed by atoms with E-state index in [-0.39, 0.29) is 0 Å². The van der Waals surface area contributed by atoms with Crippen LogP contribution in [0.4, 0.5) is 0 Å². The number of rotatable bonds is 6. The van der Waals surface area contributed by atoms with Gasteiger partial charge in [0.15, 0.2) is 0 Å². The molecule has 0 aliphatic carbocycles. The molecule has 15 heavy (non-hydrogen) atoms.